The summed E-state index contributed by atoms with van der Waals surface area (Å²) in [5.41, 5.74) is 6.97. The van der Waals surface area contributed by atoms with E-state index in [-0.39, 0.29) is 36.5 Å². The monoisotopic (exact) mass is 543 g/mol. The number of anilines is 3. The first kappa shape index (κ1) is 27.2. The Balaban J connectivity index is 1.65. The number of rotatable bonds is 8. The summed E-state index contributed by atoms with van der Waals surface area (Å²) in [7, 11) is 4.80. The van der Waals surface area contributed by atoms with Crippen LogP contribution in [0.1, 0.15) is 17.5 Å². The summed E-state index contributed by atoms with van der Waals surface area (Å²) >= 11 is -2.80. The summed E-state index contributed by atoms with van der Waals surface area (Å²) in [6.45, 7) is 1.86. The number of pyridine rings is 2. The third-order valence-electron chi connectivity index (χ3n) is 6.59. The molecular weight excluding hydrogens is 515 g/mol. The van der Waals surface area contributed by atoms with Crippen molar-refractivity contribution in [2.75, 3.05) is 42.7 Å². The third-order valence-corrected chi connectivity index (χ3v) is 7.38. The summed E-state index contributed by atoms with van der Waals surface area (Å²) in [4.78, 5) is 37.6. The second-order valence-corrected chi connectivity index (χ2v) is 10.0. The highest BCUT2D eigenvalue weighted by Gasteiger charge is 2.43. The number of nitrogens with zero attached hydrogens (tertiary/aromatic N) is 5. The lowest BCUT2D eigenvalue weighted by Gasteiger charge is -2.32. The van der Waals surface area contributed by atoms with Crippen LogP contribution in [0.25, 0.3) is 10.8 Å². The Bertz CT molecular complexity index is 1420. The molecule has 0 radical (unpaired) electrons. The Kier molecular flexibility index (Phi) is 7.78. The summed E-state index contributed by atoms with van der Waals surface area (Å²) in [5, 5.41) is 1.05. The van der Waals surface area contributed by atoms with Crippen LogP contribution in [0.5, 0.6) is 0 Å². The highest BCUT2D eigenvalue weighted by Crippen LogP contribution is 2.31. The Hall–Kier alpha value is -3.84. The van der Waals surface area contributed by atoms with E-state index >= 15 is 4.39 Å². The lowest BCUT2D eigenvalue weighted by Crippen LogP contribution is -2.49. The minimum Gasteiger partial charge on any atom is -0.755 e. The normalized spacial score (nSPS) is 16.9. The molecule has 4 rings (SSSR count). The Morgan fingerprint density at radius 3 is 2.71 bits per heavy atom. The van der Waals surface area contributed by atoms with E-state index in [0.717, 1.165) is 9.87 Å². The van der Waals surface area contributed by atoms with Gasteiger partial charge in [-0.25, -0.2) is 19.2 Å². The molecule has 13 heteroatoms. The van der Waals surface area contributed by atoms with Gasteiger partial charge >= 0.3 is 5.97 Å². The maximum Gasteiger partial charge on any atom is 0.328 e. The number of aryl methyl sites for hydroxylation is 1. The highest BCUT2D eigenvalue weighted by molar-refractivity contribution is 7.80. The molecule has 3 heterocycles. The van der Waals surface area contributed by atoms with E-state index in [1.54, 1.807) is 30.0 Å². The zero-order valence-electron chi connectivity index (χ0n) is 21.4. The topological polar surface area (TPSA) is 145 Å². The van der Waals surface area contributed by atoms with Gasteiger partial charge in [0.15, 0.2) is 0 Å². The van der Waals surface area contributed by atoms with Gasteiger partial charge in [-0.05, 0) is 54.1 Å². The molecule has 1 amide bonds. The number of hydrogen-bond donors (Lipinski definition) is 1. The van der Waals surface area contributed by atoms with E-state index in [0.29, 0.717) is 16.6 Å². The fourth-order valence-electron chi connectivity index (χ4n) is 4.81. The SMILES string of the molecule is COC(=O)[C@@H](Cc1cc2ccnc(N)c2cc1F)N1CC[C@H](N(c2cnc(N(C)C)c(C)c2)S(=O)[O-])C1=O. The van der Waals surface area contributed by atoms with E-state index < -0.39 is 41.0 Å². The first-order valence-corrected chi connectivity index (χ1v) is 12.8. The van der Waals surface area contributed by atoms with E-state index in [4.69, 9.17) is 10.5 Å². The molecule has 3 aromatic rings. The molecule has 3 atom stereocenters. The number of likely N-dealkylation sites (tertiary alicyclic amines) is 1. The number of esters is 1. The number of amides is 1. The molecule has 2 aromatic heterocycles. The predicted octanol–water partition coefficient (Wildman–Crippen LogP) is 1.71. The van der Waals surface area contributed by atoms with Crippen LogP contribution in [-0.2, 0) is 32.0 Å². The number of methoxy groups -OCH3 is 1. The fourth-order valence-corrected chi connectivity index (χ4v) is 5.49. The number of aromatic nitrogens is 2. The molecule has 0 saturated carbocycles. The number of fused-ring (bicyclic) bond motifs is 1. The van der Waals surface area contributed by atoms with Gasteiger partial charge in [0.1, 0.15) is 29.5 Å². The van der Waals surface area contributed by atoms with E-state index in [2.05, 4.69) is 9.97 Å². The molecule has 0 spiro atoms. The van der Waals surface area contributed by atoms with Gasteiger partial charge in [0, 0.05) is 49.9 Å². The first-order chi connectivity index (χ1) is 18.0. The van der Waals surface area contributed by atoms with Crippen LogP contribution in [0.15, 0.2) is 36.7 Å². The molecule has 1 saturated heterocycles. The van der Waals surface area contributed by atoms with Gasteiger partial charge in [-0.1, -0.05) is 0 Å². The quantitative estimate of drug-likeness (QED) is 0.331. The van der Waals surface area contributed by atoms with Crippen LogP contribution >= 0.6 is 0 Å². The lowest BCUT2D eigenvalue weighted by atomic mass is 10.0. The number of hydrogen-bond acceptors (Lipinski definition) is 9. The van der Waals surface area contributed by atoms with Crippen molar-refractivity contribution in [1.29, 1.82) is 0 Å². The van der Waals surface area contributed by atoms with Crippen LogP contribution in [0, 0.1) is 12.7 Å². The summed E-state index contributed by atoms with van der Waals surface area (Å²) in [6, 6.07) is 3.83. The number of nitrogens with two attached hydrogens (primary N) is 1. The van der Waals surface area contributed by atoms with Gasteiger partial charge < -0.3 is 24.8 Å². The lowest BCUT2D eigenvalue weighted by molar-refractivity contribution is -0.151. The average molecular weight is 544 g/mol. The number of ether oxygens (including phenoxy) is 1. The molecule has 2 N–H and O–H groups in total. The number of nitrogen functional groups attached to an aromatic ring is 1. The maximum absolute atomic E-state index is 15.0. The molecule has 11 nitrogen and oxygen atoms in total. The molecule has 1 fully saturated rings. The molecule has 0 aliphatic carbocycles. The Morgan fingerprint density at radius 2 is 2.08 bits per heavy atom. The molecule has 1 aromatic carbocycles. The summed E-state index contributed by atoms with van der Waals surface area (Å²) in [6.07, 6.45) is 2.83. The second kappa shape index (κ2) is 10.9. The van der Waals surface area contributed by atoms with Gasteiger partial charge in [-0.2, -0.15) is 0 Å². The van der Waals surface area contributed by atoms with Crippen molar-refractivity contribution in [1.82, 2.24) is 14.9 Å². The maximum atomic E-state index is 15.0. The van der Waals surface area contributed by atoms with Gasteiger partial charge in [0.05, 0.1) is 19.0 Å². The molecule has 202 valence electrons. The van der Waals surface area contributed by atoms with Crippen LogP contribution in [-0.4, -0.2) is 75.3 Å². The molecule has 0 bridgehead atoms. The number of halogens is 1. The van der Waals surface area contributed by atoms with Crippen molar-refractivity contribution < 1.29 is 27.5 Å². The average Bonchev–Trinajstić information content (AvgIpc) is 3.23. The summed E-state index contributed by atoms with van der Waals surface area (Å²) in [5.74, 6) is -1.11. The molecule has 1 unspecified atom stereocenters. The minimum atomic E-state index is -2.80. The zero-order valence-corrected chi connectivity index (χ0v) is 22.2. The number of benzene rings is 1. The molecule has 1 aliphatic rings. The van der Waals surface area contributed by atoms with Crippen LogP contribution in [0.3, 0.4) is 0 Å². The van der Waals surface area contributed by atoms with Crippen molar-refractivity contribution in [3.8, 4) is 0 Å². The van der Waals surface area contributed by atoms with E-state index in [1.807, 2.05) is 14.1 Å². The Morgan fingerprint density at radius 1 is 1.34 bits per heavy atom. The summed E-state index contributed by atoms with van der Waals surface area (Å²) < 4.78 is 45.5. The van der Waals surface area contributed by atoms with Crippen molar-refractivity contribution in [3.63, 3.8) is 0 Å². The van der Waals surface area contributed by atoms with Gasteiger partial charge in [-0.3, -0.25) is 13.3 Å². The van der Waals surface area contributed by atoms with Gasteiger partial charge in [0.2, 0.25) is 5.91 Å². The van der Waals surface area contributed by atoms with Crippen molar-refractivity contribution >= 4 is 51.2 Å². The smallest absolute Gasteiger partial charge is 0.328 e. The van der Waals surface area contributed by atoms with Crippen LogP contribution in [0.2, 0.25) is 0 Å². The van der Waals surface area contributed by atoms with Crippen molar-refractivity contribution in [2.24, 2.45) is 0 Å². The van der Waals surface area contributed by atoms with Crippen molar-refractivity contribution in [3.05, 3.63) is 53.6 Å². The van der Waals surface area contributed by atoms with Crippen LogP contribution in [0.4, 0.5) is 21.7 Å². The fraction of sp³-hybridized carbons (Fsp3) is 0.360. The third kappa shape index (κ3) is 5.11. The predicted molar refractivity (Wildman–Crippen MR) is 140 cm³/mol. The second-order valence-electron chi connectivity index (χ2n) is 9.21. The molecule has 38 heavy (non-hydrogen) atoms. The van der Waals surface area contributed by atoms with E-state index in [9.17, 15) is 18.4 Å². The molecular formula is C25H28FN6O5S-. The van der Waals surface area contributed by atoms with Gasteiger partial charge in [-0.15, -0.1) is 0 Å². The van der Waals surface area contributed by atoms with Gasteiger partial charge in [0.25, 0.3) is 0 Å². The van der Waals surface area contributed by atoms with Crippen molar-refractivity contribution in [2.45, 2.75) is 31.8 Å². The minimum absolute atomic E-state index is 0.0746. The standard InChI is InChI=1S/C25H29FN6O5S/c1-14-9-17(13-29-23(14)30(2)3)32(38(35)36)20-6-8-31(24(20)33)21(25(34)37-4)11-16-10-15-5-7-28-22(27)18(15)12-19(16)26/h5,7,9-10,12-13,20-21H,6,8,11H2,1-4H3,(H2,27,28)(H,35,36)/p-1/t20-,21+/m0/s1. The van der Waals surface area contributed by atoms with Crippen LogP contribution < -0.4 is 14.9 Å². The highest BCUT2D eigenvalue weighted by atomic mass is 32.2. The zero-order chi connectivity index (χ0) is 27.7. The number of carbonyl (C=O) groups is 2. The number of carbonyl (C=O) groups excluding carboxylic acids is 2. The molecule has 1 aliphatic heterocycles. The van der Waals surface area contributed by atoms with E-state index in [1.165, 1.54) is 30.5 Å². The Labute approximate surface area is 221 Å². The largest absolute Gasteiger partial charge is 0.755 e. The first-order valence-electron chi connectivity index (χ1n) is 11.8.